The van der Waals surface area contributed by atoms with Crippen LogP contribution in [-0.4, -0.2) is 4.92 Å². The van der Waals surface area contributed by atoms with E-state index in [1.807, 2.05) is 60.7 Å². The van der Waals surface area contributed by atoms with Crippen LogP contribution in [0.2, 0.25) is 0 Å². The number of nitro groups is 1. The molecule has 0 aliphatic heterocycles. The van der Waals surface area contributed by atoms with E-state index in [1.54, 1.807) is 17.1 Å². The van der Waals surface area contributed by atoms with Crippen LogP contribution in [0.4, 0.5) is 22.7 Å². The van der Waals surface area contributed by atoms with E-state index in [1.165, 1.54) is 12.1 Å². The number of hydrazine groups is 1. The standard InChI is InChI=1S/C18H15N5O2/c24-23(25)18-13-11-17(12-14-18)22(16-9-5-2-6-10-16)21-20-19-15-7-3-1-4-8-15/h1-14H,(H,19,21). The molecule has 124 valence electrons. The molecule has 0 saturated carbocycles. The second kappa shape index (κ2) is 7.69. The smallest absolute Gasteiger partial charge is 0.258 e. The van der Waals surface area contributed by atoms with Crippen molar-refractivity contribution in [3.8, 4) is 0 Å². The van der Waals surface area contributed by atoms with Crippen LogP contribution >= 0.6 is 0 Å². The highest BCUT2D eigenvalue weighted by atomic mass is 16.6. The number of nitro benzene ring substituents is 1. The van der Waals surface area contributed by atoms with E-state index in [4.69, 9.17) is 0 Å². The van der Waals surface area contributed by atoms with Gasteiger partial charge >= 0.3 is 0 Å². The van der Waals surface area contributed by atoms with Gasteiger partial charge in [-0.3, -0.25) is 10.1 Å². The van der Waals surface area contributed by atoms with E-state index in [0.29, 0.717) is 11.4 Å². The molecule has 0 spiro atoms. The Balaban J connectivity index is 1.85. The highest BCUT2D eigenvalue weighted by Gasteiger charge is 2.11. The molecule has 25 heavy (non-hydrogen) atoms. The molecule has 3 aromatic rings. The number of para-hydroxylation sites is 1. The summed E-state index contributed by atoms with van der Waals surface area (Å²) in [5, 5.41) is 20.6. The van der Waals surface area contributed by atoms with Gasteiger partial charge in [0.25, 0.3) is 5.69 Å². The molecule has 1 N–H and O–H groups in total. The monoisotopic (exact) mass is 333 g/mol. The van der Waals surface area contributed by atoms with Crippen molar-refractivity contribution in [1.29, 1.82) is 0 Å². The van der Waals surface area contributed by atoms with Crippen LogP contribution in [0.15, 0.2) is 95.3 Å². The number of hydrogen-bond acceptors (Lipinski definition) is 5. The first-order chi connectivity index (χ1) is 12.2. The van der Waals surface area contributed by atoms with Crippen molar-refractivity contribution in [1.82, 2.24) is 5.53 Å². The molecule has 0 saturated heterocycles. The minimum absolute atomic E-state index is 0.0303. The van der Waals surface area contributed by atoms with Crippen molar-refractivity contribution in [2.75, 3.05) is 5.01 Å². The summed E-state index contributed by atoms with van der Waals surface area (Å²) in [6.45, 7) is 0. The highest BCUT2D eigenvalue weighted by molar-refractivity contribution is 5.62. The molecule has 0 heterocycles. The third-order valence-corrected chi connectivity index (χ3v) is 3.40. The van der Waals surface area contributed by atoms with Gasteiger partial charge in [0.15, 0.2) is 0 Å². The first kappa shape index (κ1) is 16.1. The van der Waals surface area contributed by atoms with Crippen LogP contribution in [-0.2, 0) is 0 Å². The van der Waals surface area contributed by atoms with Gasteiger partial charge in [-0.1, -0.05) is 41.6 Å². The molecule has 7 nitrogen and oxygen atoms in total. The van der Waals surface area contributed by atoms with Crippen LogP contribution in [0.1, 0.15) is 0 Å². The summed E-state index contributed by atoms with van der Waals surface area (Å²) in [7, 11) is 0. The molecule has 0 unspecified atom stereocenters. The number of nitrogens with one attached hydrogen (secondary N) is 1. The lowest BCUT2D eigenvalue weighted by Gasteiger charge is -2.22. The Hall–Kier alpha value is -3.74. The van der Waals surface area contributed by atoms with Crippen molar-refractivity contribution in [3.63, 3.8) is 0 Å². The van der Waals surface area contributed by atoms with Gasteiger partial charge in [-0.2, -0.15) is 5.53 Å². The van der Waals surface area contributed by atoms with Crippen LogP contribution < -0.4 is 10.5 Å². The molecule has 0 aliphatic rings. The van der Waals surface area contributed by atoms with Crippen molar-refractivity contribution >= 4 is 22.7 Å². The highest BCUT2D eigenvalue weighted by Crippen LogP contribution is 2.25. The first-order valence-corrected chi connectivity index (χ1v) is 7.55. The molecule has 0 aliphatic carbocycles. The van der Waals surface area contributed by atoms with Gasteiger partial charge in [0, 0.05) is 12.1 Å². The fraction of sp³-hybridized carbons (Fsp3) is 0. The summed E-state index contributed by atoms with van der Waals surface area (Å²) in [5.41, 5.74) is 5.14. The summed E-state index contributed by atoms with van der Waals surface area (Å²) in [6, 6.07) is 25.0. The second-order valence-corrected chi connectivity index (χ2v) is 5.08. The van der Waals surface area contributed by atoms with Gasteiger partial charge in [-0.15, -0.1) is 5.11 Å². The number of benzene rings is 3. The fourth-order valence-electron chi connectivity index (χ4n) is 2.18. The molecule has 7 heteroatoms. The lowest BCUT2D eigenvalue weighted by atomic mass is 10.2. The van der Waals surface area contributed by atoms with Gasteiger partial charge in [0.2, 0.25) is 0 Å². The third kappa shape index (κ3) is 4.17. The summed E-state index contributed by atoms with van der Waals surface area (Å²) < 4.78 is 0. The molecule has 0 atom stereocenters. The van der Waals surface area contributed by atoms with Gasteiger partial charge in [0.05, 0.1) is 22.0 Å². The molecule has 0 aromatic heterocycles. The molecule has 0 radical (unpaired) electrons. The van der Waals surface area contributed by atoms with Crippen LogP contribution in [0, 0.1) is 10.1 Å². The maximum atomic E-state index is 10.8. The zero-order valence-electron chi connectivity index (χ0n) is 13.2. The molecule has 0 fully saturated rings. The zero-order valence-corrected chi connectivity index (χ0v) is 13.2. The summed E-state index contributed by atoms with van der Waals surface area (Å²) >= 11 is 0. The number of hydrogen-bond donors (Lipinski definition) is 1. The quantitative estimate of drug-likeness (QED) is 0.393. The van der Waals surface area contributed by atoms with Gasteiger partial charge in [-0.25, -0.2) is 5.01 Å². The van der Waals surface area contributed by atoms with Crippen molar-refractivity contribution in [2.24, 2.45) is 10.3 Å². The third-order valence-electron chi connectivity index (χ3n) is 3.40. The molecular formula is C18H15N5O2. The first-order valence-electron chi connectivity index (χ1n) is 7.55. The number of rotatable bonds is 6. The number of anilines is 2. The van der Waals surface area contributed by atoms with E-state index < -0.39 is 4.92 Å². The fourth-order valence-corrected chi connectivity index (χ4v) is 2.18. The van der Waals surface area contributed by atoms with Gasteiger partial charge in [0.1, 0.15) is 0 Å². The van der Waals surface area contributed by atoms with E-state index in [2.05, 4.69) is 15.9 Å². The molecule has 0 bridgehead atoms. The number of nitrogens with zero attached hydrogens (tertiary/aromatic N) is 4. The van der Waals surface area contributed by atoms with Crippen LogP contribution in [0.3, 0.4) is 0 Å². The van der Waals surface area contributed by atoms with Crippen molar-refractivity contribution in [2.45, 2.75) is 0 Å². The Labute approximate surface area is 144 Å². The van der Waals surface area contributed by atoms with Crippen molar-refractivity contribution < 1.29 is 4.92 Å². The maximum Gasteiger partial charge on any atom is 0.269 e. The molecule has 3 rings (SSSR count). The minimum atomic E-state index is -0.431. The normalized spacial score (nSPS) is 10.6. The van der Waals surface area contributed by atoms with Crippen LogP contribution in [0.25, 0.3) is 0 Å². The van der Waals surface area contributed by atoms with Gasteiger partial charge in [-0.05, 0) is 36.4 Å². The van der Waals surface area contributed by atoms with E-state index in [-0.39, 0.29) is 5.69 Å². The molecular weight excluding hydrogens is 318 g/mol. The Bertz CT molecular complexity index is 852. The number of non-ortho nitro benzene ring substituents is 1. The summed E-state index contributed by atoms with van der Waals surface area (Å²) in [4.78, 5) is 10.4. The molecule has 0 amide bonds. The zero-order chi connectivity index (χ0) is 17.5. The minimum Gasteiger partial charge on any atom is -0.258 e. The Morgan fingerprint density at radius 3 is 1.96 bits per heavy atom. The average molecular weight is 333 g/mol. The maximum absolute atomic E-state index is 10.8. The lowest BCUT2D eigenvalue weighted by molar-refractivity contribution is -0.384. The van der Waals surface area contributed by atoms with E-state index in [0.717, 1.165) is 5.69 Å². The van der Waals surface area contributed by atoms with Crippen LogP contribution in [0.5, 0.6) is 0 Å². The molecule has 3 aromatic carbocycles. The van der Waals surface area contributed by atoms with Gasteiger partial charge < -0.3 is 0 Å². The largest absolute Gasteiger partial charge is 0.269 e. The summed E-state index contributed by atoms with van der Waals surface area (Å²) in [6.07, 6.45) is 0. The topological polar surface area (TPSA) is 83.1 Å². The lowest BCUT2D eigenvalue weighted by Crippen LogP contribution is -2.28. The Kier molecular flexibility index (Phi) is 4.96. The Morgan fingerprint density at radius 1 is 0.800 bits per heavy atom. The second-order valence-electron chi connectivity index (χ2n) is 5.08. The van der Waals surface area contributed by atoms with E-state index in [9.17, 15) is 10.1 Å². The average Bonchev–Trinajstić information content (AvgIpc) is 2.67. The SMILES string of the molecule is O=[N+]([O-])c1ccc(N(NN=Nc2ccccc2)c2ccccc2)cc1. The summed E-state index contributed by atoms with van der Waals surface area (Å²) in [5.74, 6) is 0. The predicted octanol–water partition coefficient (Wildman–Crippen LogP) is 4.94. The van der Waals surface area contributed by atoms with Crippen molar-refractivity contribution in [3.05, 3.63) is 95.0 Å². The predicted molar refractivity (Wildman–Crippen MR) is 95.8 cm³/mol. The van der Waals surface area contributed by atoms with E-state index >= 15 is 0 Å². The Morgan fingerprint density at radius 2 is 1.36 bits per heavy atom.